The third-order valence-corrected chi connectivity index (χ3v) is 5.06. The summed E-state index contributed by atoms with van der Waals surface area (Å²) < 4.78 is 6.85. The smallest absolute Gasteiger partial charge is 0.272 e. The highest BCUT2D eigenvalue weighted by Crippen LogP contribution is 2.38. The molecule has 0 saturated carbocycles. The summed E-state index contributed by atoms with van der Waals surface area (Å²) in [6.07, 6.45) is 3.95. The van der Waals surface area contributed by atoms with E-state index in [9.17, 15) is 9.59 Å². The lowest BCUT2D eigenvalue weighted by Gasteiger charge is -2.46. The van der Waals surface area contributed by atoms with Crippen LogP contribution in [0.5, 0.6) is 0 Å². The molecule has 0 aromatic carbocycles. The van der Waals surface area contributed by atoms with Crippen LogP contribution in [0.3, 0.4) is 0 Å². The molecule has 0 bridgehead atoms. The van der Waals surface area contributed by atoms with Gasteiger partial charge in [-0.1, -0.05) is 12.1 Å². The molecule has 1 unspecified atom stereocenters. The minimum Gasteiger partial charge on any atom is -0.364 e. The molecule has 2 amide bonds. The van der Waals surface area contributed by atoms with E-state index >= 15 is 0 Å². The molecule has 0 N–H and O–H groups in total. The Morgan fingerprint density at radius 3 is 2.96 bits per heavy atom. The molecular formula is C16H18N4O3. The second-order valence-corrected chi connectivity index (χ2v) is 6.08. The number of carbonyl (C=O) groups is 2. The molecule has 4 heterocycles. The molecule has 0 aliphatic carbocycles. The summed E-state index contributed by atoms with van der Waals surface area (Å²) in [7, 11) is 0. The number of carbonyl (C=O) groups excluding carboxylic acids is 2. The molecule has 2 aliphatic heterocycles. The van der Waals surface area contributed by atoms with Gasteiger partial charge in [-0.3, -0.25) is 9.59 Å². The Morgan fingerprint density at radius 1 is 1.43 bits per heavy atom. The van der Waals surface area contributed by atoms with E-state index in [1.807, 2.05) is 34.7 Å². The van der Waals surface area contributed by atoms with Gasteiger partial charge in [0.2, 0.25) is 0 Å². The third-order valence-electron chi connectivity index (χ3n) is 5.06. The van der Waals surface area contributed by atoms with Crippen molar-refractivity contribution in [3.63, 3.8) is 0 Å². The largest absolute Gasteiger partial charge is 0.364 e. The zero-order valence-electron chi connectivity index (χ0n) is 13.2. The van der Waals surface area contributed by atoms with E-state index in [1.54, 1.807) is 11.8 Å². The fourth-order valence-electron chi connectivity index (χ4n) is 3.81. The van der Waals surface area contributed by atoms with Crippen molar-refractivity contribution < 1.29 is 14.1 Å². The van der Waals surface area contributed by atoms with Crippen LogP contribution < -0.4 is 0 Å². The molecule has 2 aliphatic rings. The van der Waals surface area contributed by atoms with Crippen LogP contribution in [0.2, 0.25) is 0 Å². The van der Waals surface area contributed by atoms with Crippen LogP contribution in [0.15, 0.2) is 29.1 Å². The Morgan fingerprint density at radius 2 is 2.26 bits per heavy atom. The molecule has 7 heteroatoms. The molecule has 1 atom stereocenters. The summed E-state index contributed by atoms with van der Waals surface area (Å²) in [5, 5.41) is 3.80. The average molecular weight is 314 g/mol. The van der Waals surface area contributed by atoms with E-state index in [0.29, 0.717) is 43.0 Å². The van der Waals surface area contributed by atoms with Crippen LogP contribution in [-0.2, 0) is 6.54 Å². The standard InChI is InChI=1S/C16H18N4O3/c1-3-16-10-18-6-4-5-13(18)15(22)20(16)8-7-19(16)14(21)12-9-23-17-11(12)2/h4-6,9H,3,7-8,10H2,1-2H3. The number of nitrogens with zero attached hydrogens (tertiary/aromatic N) is 4. The maximum Gasteiger partial charge on any atom is 0.272 e. The van der Waals surface area contributed by atoms with E-state index in [-0.39, 0.29) is 11.8 Å². The van der Waals surface area contributed by atoms with Gasteiger partial charge in [0.15, 0.2) is 0 Å². The molecule has 1 saturated heterocycles. The minimum atomic E-state index is -0.621. The van der Waals surface area contributed by atoms with E-state index in [2.05, 4.69) is 5.16 Å². The van der Waals surface area contributed by atoms with Gasteiger partial charge in [0.25, 0.3) is 11.8 Å². The zero-order chi connectivity index (χ0) is 16.2. The molecular weight excluding hydrogens is 296 g/mol. The van der Waals surface area contributed by atoms with Gasteiger partial charge in [0, 0.05) is 19.3 Å². The fraction of sp³-hybridized carbons (Fsp3) is 0.438. The second-order valence-electron chi connectivity index (χ2n) is 6.08. The molecule has 4 rings (SSSR count). The van der Waals surface area contributed by atoms with Crippen molar-refractivity contribution in [3.8, 4) is 0 Å². The highest BCUT2D eigenvalue weighted by molar-refractivity contribution is 5.98. The van der Waals surface area contributed by atoms with E-state index in [4.69, 9.17) is 4.52 Å². The predicted octanol–water partition coefficient (Wildman–Crippen LogP) is 1.50. The van der Waals surface area contributed by atoms with Gasteiger partial charge in [-0.2, -0.15) is 0 Å². The summed E-state index contributed by atoms with van der Waals surface area (Å²) >= 11 is 0. The molecule has 7 nitrogen and oxygen atoms in total. The van der Waals surface area contributed by atoms with Gasteiger partial charge in [-0.15, -0.1) is 0 Å². The van der Waals surface area contributed by atoms with Crippen LogP contribution in [0.1, 0.15) is 39.9 Å². The molecule has 120 valence electrons. The highest BCUT2D eigenvalue weighted by Gasteiger charge is 2.53. The first-order valence-electron chi connectivity index (χ1n) is 7.78. The molecule has 1 fully saturated rings. The van der Waals surface area contributed by atoms with Crippen molar-refractivity contribution in [2.24, 2.45) is 0 Å². The van der Waals surface area contributed by atoms with Crippen LogP contribution in [0.4, 0.5) is 0 Å². The van der Waals surface area contributed by atoms with Crippen molar-refractivity contribution in [3.05, 3.63) is 41.5 Å². The Labute approximate surface area is 133 Å². The quantitative estimate of drug-likeness (QED) is 0.842. The van der Waals surface area contributed by atoms with Gasteiger partial charge >= 0.3 is 0 Å². The third kappa shape index (κ3) is 1.73. The summed E-state index contributed by atoms with van der Waals surface area (Å²) in [6.45, 7) is 5.43. The summed E-state index contributed by atoms with van der Waals surface area (Å²) in [6, 6.07) is 3.70. The minimum absolute atomic E-state index is 0.0135. The van der Waals surface area contributed by atoms with Gasteiger partial charge in [0.05, 0.1) is 12.2 Å². The first-order valence-corrected chi connectivity index (χ1v) is 7.78. The number of hydrogen-bond acceptors (Lipinski definition) is 4. The lowest BCUT2D eigenvalue weighted by atomic mass is 10.00. The first kappa shape index (κ1) is 14.0. The fourth-order valence-corrected chi connectivity index (χ4v) is 3.81. The van der Waals surface area contributed by atoms with Gasteiger partial charge < -0.3 is 18.9 Å². The van der Waals surface area contributed by atoms with Crippen molar-refractivity contribution >= 4 is 11.8 Å². The number of aromatic nitrogens is 2. The molecule has 0 spiro atoms. The number of hydrogen-bond donors (Lipinski definition) is 0. The lowest BCUT2D eigenvalue weighted by Crippen LogP contribution is -2.62. The SMILES string of the molecule is CCC12Cn3cccc3C(=O)N1CCN2C(=O)c1conc1C. The zero-order valence-corrected chi connectivity index (χ0v) is 13.2. The number of rotatable bonds is 2. The average Bonchev–Trinajstić information content (AvgIpc) is 3.24. The highest BCUT2D eigenvalue weighted by atomic mass is 16.5. The Balaban J connectivity index is 1.78. The lowest BCUT2D eigenvalue weighted by molar-refractivity contribution is -0.00505. The molecule has 2 aromatic rings. The Bertz CT molecular complexity index is 793. The van der Waals surface area contributed by atoms with E-state index in [1.165, 1.54) is 6.26 Å². The maximum atomic E-state index is 13.0. The number of aryl methyl sites for hydroxylation is 1. The topological polar surface area (TPSA) is 71.6 Å². The molecule has 0 radical (unpaired) electrons. The van der Waals surface area contributed by atoms with Gasteiger partial charge in [0.1, 0.15) is 23.2 Å². The second kappa shape index (κ2) is 4.71. The normalized spacial score (nSPS) is 23.1. The number of fused-ring (bicyclic) bond motifs is 2. The van der Waals surface area contributed by atoms with Crippen molar-refractivity contribution in [2.45, 2.75) is 32.5 Å². The Kier molecular flexibility index (Phi) is 2.88. The van der Waals surface area contributed by atoms with Gasteiger partial charge in [-0.25, -0.2) is 0 Å². The van der Waals surface area contributed by atoms with E-state index in [0.717, 1.165) is 0 Å². The molecule has 23 heavy (non-hydrogen) atoms. The van der Waals surface area contributed by atoms with Crippen molar-refractivity contribution in [1.82, 2.24) is 19.5 Å². The summed E-state index contributed by atoms with van der Waals surface area (Å²) in [5.74, 6) is -0.142. The maximum absolute atomic E-state index is 13.0. The number of amides is 2. The van der Waals surface area contributed by atoms with Crippen LogP contribution in [-0.4, -0.2) is 50.1 Å². The summed E-state index contributed by atoms with van der Waals surface area (Å²) in [4.78, 5) is 29.4. The monoisotopic (exact) mass is 314 g/mol. The van der Waals surface area contributed by atoms with Crippen molar-refractivity contribution in [1.29, 1.82) is 0 Å². The first-order chi connectivity index (χ1) is 11.1. The predicted molar refractivity (Wildman–Crippen MR) is 80.8 cm³/mol. The van der Waals surface area contributed by atoms with Crippen LogP contribution in [0, 0.1) is 6.92 Å². The molecule has 2 aromatic heterocycles. The van der Waals surface area contributed by atoms with Crippen molar-refractivity contribution in [2.75, 3.05) is 13.1 Å². The van der Waals surface area contributed by atoms with Gasteiger partial charge in [-0.05, 0) is 25.5 Å². The summed E-state index contributed by atoms with van der Waals surface area (Å²) in [5.41, 5.74) is 1.10. The van der Waals surface area contributed by atoms with Crippen LogP contribution >= 0.6 is 0 Å². The Hall–Kier alpha value is -2.57. The van der Waals surface area contributed by atoms with Crippen LogP contribution in [0.25, 0.3) is 0 Å². The van der Waals surface area contributed by atoms with E-state index < -0.39 is 5.66 Å².